The predicted molar refractivity (Wildman–Crippen MR) is 75.9 cm³/mol. The summed E-state index contributed by atoms with van der Waals surface area (Å²) in [5, 5.41) is 0. The van der Waals surface area contributed by atoms with Crippen LogP contribution < -0.4 is 4.74 Å². The second-order valence-corrected chi connectivity index (χ2v) is 6.51. The standard InChI is InChI=1S/C15H20BrFO/c1-10-6-7-13(16)12(8-10)9-11-4-3-5-14(18-2)15(11)17/h3-5,10,12-13H,6-9H2,1-2H3. The van der Waals surface area contributed by atoms with Crippen molar-refractivity contribution in [3.63, 3.8) is 0 Å². The van der Waals surface area contributed by atoms with Crippen LogP contribution >= 0.6 is 15.9 Å². The summed E-state index contributed by atoms with van der Waals surface area (Å²) in [6, 6.07) is 5.41. The lowest BCUT2D eigenvalue weighted by molar-refractivity contribution is 0.291. The molecule has 0 heterocycles. The van der Waals surface area contributed by atoms with E-state index in [1.165, 1.54) is 26.4 Å². The Kier molecular flexibility index (Phi) is 4.66. The third-order valence-corrected chi connectivity index (χ3v) is 5.10. The summed E-state index contributed by atoms with van der Waals surface area (Å²) in [4.78, 5) is 0.513. The van der Waals surface area contributed by atoms with Crippen molar-refractivity contribution in [2.24, 2.45) is 11.8 Å². The van der Waals surface area contributed by atoms with Gasteiger partial charge in [0.25, 0.3) is 0 Å². The number of hydrogen-bond donors (Lipinski definition) is 0. The molecule has 3 unspecified atom stereocenters. The molecule has 0 saturated heterocycles. The molecule has 1 saturated carbocycles. The normalized spacial score (nSPS) is 28.1. The fraction of sp³-hybridized carbons (Fsp3) is 0.600. The molecule has 1 aromatic carbocycles. The van der Waals surface area contributed by atoms with E-state index >= 15 is 0 Å². The van der Waals surface area contributed by atoms with Crippen LogP contribution in [-0.4, -0.2) is 11.9 Å². The number of halogens is 2. The van der Waals surface area contributed by atoms with Gasteiger partial charge in [0, 0.05) is 4.83 Å². The zero-order chi connectivity index (χ0) is 13.1. The van der Waals surface area contributed by atoms with Crippen molar-refractivity contribution >= 4 is 15.9 Å². The van der Waals surface area contributed by atoms with E-state index in [2.05, 4.69) is 22.9 Å². The molecule has 1 aliphatic carbocycles. The second-order valence-electron chi connectivity index (χ2n) is 5.33. The van der Waals surface area contributed by atoms with E-state index in [1.54, 1.807) is 6.07 Å². The van der Waals surface area contributed by atoms with Crippen molar-refractivity contribution in [2.45, 2.75) is 37.4 Å². The largest absolute Gasteiger partial charge is 0.494 e. The van der Waals surface area contributed by atoms with Crippen LogP contribution in [-0.2, 0) is 6.42 Å². The van der Waals surface area contributed by atoms with Gasteiger partial charge in [-0.25, -0.2) is 4.39 Å². The highest BCUT2D eigenvalue weighted by Gasteiger charge is 2.27. The van der Waals surface area contributed by atoms with Gasteiger partial charge in [0.1, 0.15) is 0 Å². The Labute approximate surface area is 117 Å². The molecule has 0 aromatic heterocycles. The van der Waals surface area contributed by atoms with Crippen LogP contribution in [0.25, 0.3) is 0 Å². The molecule has 1 aromatic rings. The maximum absolute atomic E-state index is 14.1. The van der Waals surface area contributed by atoms with Gasteiger partial charge in [-0.1, -0.05) is 35.0 Å². The summed E-state index contributed by atoms with van der Waals surface area (Å²) in [5.74, 6) is 1.42. The van der Waals surface area contributed by atoms with Gasteiger partial charge in [0.2, 0.25) is 0 Å². The molecule has 1 fully saturated rings. The SMILES string of the molecule is COc1cccc(CC2CC(C)CCC2Br)c1F. The third kappa shape index (κ3) is 3.05. The van der Waals surface area contributed by atoms with Gasteiger partial charge in [-0.2, -0.15) is 0 Å². The quantitative estimate of drug-likeness (QED) is 0.742. The number of hydrogen-bond acceptors (Lipinski definition) is 1. The molecule has 2 rings (SSSR count). The van der Waals surface area contributed by atoms with Crippen molar-refractivity contribution in [3.8, 4) is 5.75 Å². The molecule has 0 amide bonds. The van der Waals surface area contributed by atoms with Gasteiger partial charge in [0.05, 0.1) is 7.11 Å². The highest BCUT2D eigenvalue weighted by atomic mass is 79.9. The second kappa shape index (κ2) is 6.05. The maximum Gasteiger partial charge on any atom is 0.168 e. The van der Waals surface area contributed by atoms with Gasteiger partial charge in [-0.3, -0.25) is 0 Å². The van der Waals surface area contributed by atoms with Gasteiger partial charge >= 0.3 is 0 Å². The van der Waals surface area contributed by atoms with Gasteiger partial charge in [-0.15, -0.1) is 0 Å². The lowest BCUT2D eigenvalue weighted by atomic mass is 9.79. The number of methoxy groups -OCH3 is 1. The van der Waals surface area contributed by atoms with E-state index < -0.39 is 0 Å². The minimum Gasteiger partial charge on any atom is -0.494 e. The molecule has 3 atom stereocenters. The Morgan fingerprint density at radius 1 is 1.39 bits per heavy atom. The Balaban J connectivity index is 2.13. The first-order chi connectivity index (χ1) is 8.61. The lowest BCUT2D eigenvalue weighted by Crippen LogP contribution is -2.26. The lowest BCUT2D eigenvalue weighted by Gasteiger charge is -2.31. The molecular weight excluding hydrogens is 295 g/mol. The smallest absolute Gasteiger partial charge is 0.168 e. The highest BCUT2D eigenvalue weighted by molar-refractivity contribution is 9.09. The molecular formula is C15H20BrFO. The average molecular weight is 315 g/mol. The van der Waals surface area contributed by atoms with E-state index in [4.69, 9.17) is 4.74 Å². The van der Waals surface area contributed by atoms with Crippen LogP contribution in [0.2, 0.25) is 0 Å². The van der Waals surface area contributed by atoms with Crippen LogP contribution in [0, 0.1) is 17.7 Å². The fourth-order valence-electron chi connectivity index (χ4n) is 2.83. The Morgan fingerprint density at radius 3 is 2.89 bits per heavy atom. The van der Waals surface area contributed by atoms with Crippen molar-refractivity contribution < 1.29 is 9.13 Å². The molecule has 100 valence electrons. The van der Waals surface area contributed by atoms with E-state index in [0.29, 0.717) is 16.5 Å². The average Bonchev–Trinajstić information content (AvgIpc) is 2.36. The van der Waals surface area contributed by atoms with Crippen LogP contribution in [0.1, 0.15) is 31.7 Å². The Morgan fingerprint density at radius 2 is 2.17 bits per heavy atom. The molecule has 0 radical (unpaired) electrons. The number of benzene rings is 1. The highest BCUT2D eigenvalue weighted by Crippen LogP contribution is 2.36. The molecule has 18 heavy (non-hydrogen) atoms. The summed E-state index contributed by atoms with van der Waals surface area (Å²) < 4.78 is 19.1. The Bertz CT molecular complexity index is 407. The molecule has 0 spiro atoms. The van der Waals surface area contributed by atoms with Gasteiger partial charge in [-0.05, 0) is 49.1 Å². The van der Waals surface area contributed by atoms with Crippen LogP contribution in [0.4, 0.5) is 4.39 Å². The predicted octanol–water partition coefficient (Wildman–Crippen LogP) is 4.58. The van der Waals surface area contributed by atoms with E-state index in [1.807, 2.05) is 12.1 Å². The minimum atomic E-state index is -0.196. The Hall–Kier alpha value is -0.570. The van der Waals surface area contributed by atoms with Gasteiger partial charge in [0.15, 0.2) is 11.6 Å². The summed E-state index contributed by atoms with van der Waals surface area (Å²) in [5.41, 5.74) is 0.776. The molecule has 0 N–H and O–H groups in total. The summed E-state index contributed by atoms with van der Waals surface area (Å²) >= 11 is 3.75. The number of alkyl halides is 1. The number of rotatable bonds is 3. The first-order valence-electron chi connectivity index (χ1n) is 6.57. The van der Waals surface area contributed by atoms with Crippen LogP contribution in [0.15, 0.2) is 18.2 Å². The summed E-state index contributed by atoms with van der Waals surface area (Å²) in [6.45, 7) is 2.29. The maximum atomic E-state index is 14.1. The van der Waals surface area contributed by atoms with Crippen molar-refractivity contribution in [3.05, 3.63) is 29.6 Å². The van der Waals surface area contributed by atoms with Crippen LogP contribution in [0.5, 0.6) is 5.75 Å². The first-order valence-corrected chi connectivity index (χ1v) is 7.48. The van der Waals surface area contributed by atoms with Crippen molar-refractivity contribution in [1.29, 1.82) is 0 Å². The molecule has 0 aliphatic heterocycles. The molecule has 1 nitrogen and oxygen atoms in total. The van der Waals surface area contributed by atoms with E-state index in [0.717, 1.165) is 17.9 Å². The zero-order valence-electron chi connectivity index (χ0n) is 11.0. The van der Waals surface area contributed by atoms with E-state index in [-0.39, 0.29) is 5.82 Å². The topological polar surface area (TPSA) is 9.23 Å². The van der Waals surface area contributed by atoms with E-state index in [9.17, 15) is 4.39 Å². The molecule has 1 aliphatic rings. The molecule has 3 heteroatoms. The third-order valence-electron chi connectivity index (χ3n) is 3.90. The zero-order valence-corrected chi connectivity index (χ0v) is 12.5. The van der Waals surface area contributed by atoms with Crippen LogP contribution in [0.3, 0.4) is 0 Å². The van der Waals surface area contributed by atoms with Crippen molar-refractivity contribution in [2.75, 3.05) is 7.11 Å². The fourth-order valence-corrected chi connectivity index (χ4v) is 3.49. The van der Waals surface area contributed by atoms with Crippen molar-refractivity contribution in [1.82, 2.24) is 0 Å². The summed E-state index contributed by atoms with van der Waals surface area (Å²) in [6.07, 6.45) is 4.43. The molecule has 0 bridgehead atoms. The number of ether oxygens (including phenoxy) is 1. The monoisotopic (exact) mass is 314 g/mol. The summed E-state index contributed by atoms with van der Waals surface area (Å²) in [7, 11) is 1.51. The van der Waals surface area contributed by atoms with Gasteiger partial charge < -0.3 is 4.74 Å². The minimum absolute atomic E-state index is 0.196. The first kappa shape index (κ1) is 13.9.